The summed E-state index contributed by atoms with van der Waals surface area (Å²) in [5.41, 5.74) is 0.836. The van der Waals surface area contributed by atoms with Crippen LogP contribution in [-0.2, 0) is 0 Å². The molecule has 2 atom stereocenters. The van der Waals surface area contributed by atoms with Crippen molar-refractivity contribution < 1.29 is 15.0 Å². The number of anilines is 2. The van der Waals surface area contributed by atoms with Gasteiger partial charge in [-0.25, -0.2) is 19.7 Å². The molecule has 4 rings (SSSR count). The minimum Gasteiger partial charge on any atom is -0.478 e. The zero-order chi connectivity index (χ0) is 18.8. The third-order valence-electron chi connectivity index (χ3n) is 4.72. The molecule has 138 valence electrons. The number of aromatic carboxylic acids is 1. The van der Waals surface area contributed by atoms with Gasteiger partial charge in [0.15, 0.2) is 0 Å². The first kappa shape index (κ1) is 17.2. The average molecular weight is 365 g/mol. The van der Waals surface area contributed by atoms with E-state index in [0.29, 0.717) is 42.2 Å². The first-order chi connectivity index (χ1) is 13.1. The molecule has 1 aromatic carbocycles. The number of hydrogen-bond donors (Lipinski definition) is 3. The van der Waals surface area contributed by atoms with Gasteiger partial charge in [0.25, 0.3) is 0 Å². The second-order valence-electron chi connectivity index (χ2n) is 6.48. The molecule has 3 heterocycles. The minimum atomic E-state index is -0.992. The van der Waals surface area contributed by atoms with Crippen molar-refractivity contribution in [3.05, 3.63) is 54.4 Å². The van der Waals surface area contributed by atoms with Gasteiger partial charge >= 0.3 is 5.97 Å². The molecule has 0 amide bonds. The van der Waals surface area contributed by atoms with Crippen LogP contribution in [0.4, 0.5) is 11.8 Å². The Morgan fingerprint density at radius 2 is 1.96 bits per heavy atom. The van der Waals surface area contributed by atoms with Crippen LogP contribution in [-0.4, -0.2) is 56.4 Å². The van der Waals surface area contributed by atoms with E-state index in [0.717, 1.165) is 0 Å². The first-order valence-electron chi connectivity index (χ1n) is 8.71. The molecule has 0 aliphatic carbocycles. The lowest BCUT2D eigenvalue weighted by atomic mass is 10.0. The number of carbonyl (C=O) groups is 1. The fourth-order valence-electron chi connectivity index (χ4n) is 3.35. The van der Waals surface area contributed by atoms with E-state index in [1.807, 2.05) is 11.0 Å². The summed E-state index contributed by atoms with van der Waals surface area (Å²) in [6.07, 6.45) is 3.27. The van der Waals surface area contributed by atoms with Crippen LogP contribution in [0, 0.1) is 0 Å². The number of aliphatic hydroxyl groups excluding tert-OH is 1. The zero-order valence-corrected chi connectivity index (χ0v) is 14.5. The SMILES string of the molecule is O=C(O)c1cc(N2CC[C@@H](Nc3ncccn3)[C@H](O)C2)nc2ccccc12. The van der Waals surface area contributed by atoms with E-state index in [9.17, 15) is 15.0 Å². The Kier molecular flexibility index (Phi) is 4.55. The highest BCUT2D eigenvalue weighted by atomic mass is 16.4. The van der Waals surface area contributed by atoms with Crippen LogP contribution in [0.15, 0.2) is 48.8 Å². The van der Waals surface area contributed by atoms with Gasteiger partial charge in [-0.15, -0.1) is 0 Å². The molecular weight excluding hydrogens is 346 g/mol. The zero-order valence-electron chi connectivity index (χ0n) is 14.5. The number of nitrogens with one attached hydrogen (secondary N) is 1. The molecule has 1 aliphatic heterocycles. The number of carboxylic acid groups (broad SMARTS) is 1. The highest BCUT2D eigenvalue weighted by Gasteiger charge is 2.29. The van der Waals surface area contributed by atoms with Crippen LogP contribution in [0.1, 0.15) is 16.8 Å². The van der Waals surface area contributed by atoms with Crippen molar-refractivity contribution in [2.24, 2.45) is 0 Å². The van der Waals surface area contributed by atoms with Crippen LogP contribution in [0.5, 0.6) is 0 Å². The number of pyridine rings is 1. The van der Waals surface area contributed by atoms with E-state index in [4.69, 9.17) is 0 Å². The number of aromatic nitrogens is 3. The predicted molar refractivity (Wildman–Crippen MR) is 101 cm³/mol. The number of carboxylic acids is 1. The Bertz CT molecular complexity index is 966. The van der Waals surface area contributed by atoms with Crippen molar-refractivity contribution in [1.29, 1.82) is 0 Å². The molecule has 27 heavy (non-hydrogen) atoms. The summed E-state index contributed by atoms with van der Waals surface area (Å²) in [6.45, 7) is 0.973. The third-order valence-corrected chi connectivity index (χ3v) is 4.72. The number of fused-ring (bicyclic) bond motifs is 1. The van der Waals surface area contributed by atoms with E-state index in [2.05, 4.69) is 20.3 Å². The molecule has 8 nitrogen and oxygen atoms in total. The van der Waals surface area contributed by atoms with E-state index >= 15 is 0 Å². The van der Waals surface area contributed by atoms with Gasteiger partial charge in [-0.3, -0.25) is 0 Å². The molecule has 8 heteroatoms. The lowest BCUT2D eigenvalue weighted by Gasteiger charge is -2.37. The lowest BCUT2D eigenvalue weighted by Crippen LogP contribution is -2.50. The van der Waals surface area contributed by atoms with Gasteiger partial charge in [0.1, 0.15) is 5.82 Å². The third kappa shape index (κ3) is 3.52. The first-order valence-corrected chi connectivity index (χ1v) is 8.71. The summed E-state index contributed by atoms with van der Waals surface area (Å²) < 4.78 is 0. The topological polar surface area (TPSA) is 111 Å². The molecule has 1 fully saturated rings. The van der Waals surface area contributed by atoms with E-state index in [1.165, 1.54) is 0 Å². The maximum absolute atomic E-state index is 11.6. The molecule has 0 bridgehead atoms. The summed E-state index contributed by atoms with van der Waals surface area (Å²) in [4.78, 5) is 26.4. The Morgan fingerprint density at radius 1 is 1.19 bits per heavy atom. The average Bonchev–Trinajstić information content (AvgIpc) is 2.69. The molecule has 3 N–H and O–H groups in total. The van der Waals surface area contributed by atoms with Crippen molar-refractivity contribution in [3.8, 4) is 0 Å². The highest BCUT2D eigenvalue weighted by Crippen LogP contribution is 2.26. The monoisotopic (exact) mass is 365 g/mol. The van der Waals surface area contributed by atoms with Crippen LogP contribution < -0.4 is 10.2 Å². The Balaban J connectivity index is 1.56. The molecule has 1 aliphatic rings. The summed E-state index contributed by atoms with van der Waals surface area (Å²) >= 11 is 0. The lowest BCUT2D eigenvalue weighted by molar-refractivity contribution is 0.0699. The number of rotatable bonds is 4. The van der Waals surface area contributed by atoms with Crippen LogP contribution in [0.25, 0.3) is 10.9 Å². The molecule has 0 spiro atoms. The molecule has 1 saturated heterocycles. The second kappa shape index (κ2) is 7.16. The van der Waals surface area contributed by atoms with Crippen LogP contribution in [0.2, 0.25) is 0 Å². The number of benzene rings is 1. The van der Waals surface area contributed by atoms with E-state index in [1.54, 1.807) is 42.7 Å². The fourth-order valence-corrected chi connectivity index (χ4v) is 3.35. The number of para-hydroxylation sites is 1. The van der Waals surface area contributed by atoms with Crippen molar-refractivity contribution in [2.75, 3.05) is 23.3 Å². The second-order valence-corrected chi connectivity index (χ2v) is 6.48. The van der Waals surface area contributed by atoms with E-state index < -0.39 is 12.1 Å². The van der Waals surface area contributed by atoms with Crippen molar-refractivity contribution in [2.45, 2.75) is 18.6 Å². The number of nitrogens with zero attached hydrogens (tertiary/aromatic N) is 4. The molecule has 3 aromatic rings. The maximum atomic E-state index is 11.6. The van der Waals surface area contributed by atoms with Crippen molar-refractivity contribution in [3.63, 3.8) is 0 Å². The molecular formula is C19H19N5O3. The molecule has 0 radical (unpaired) electrons. The maximum Gasteiger partial charge on any atom is 0.336 e. The number of piperidine rings is 1. The summed E-state index contributed by atoms with van der Waals surface area (Å²) in [7, 11) is 0. The van der Waals surface area contributed by atoms with Crippen LogP contribution >= 0.6 is 0 Å². The largest absolute Gasteiger partial charge is 0.478 e. The minimum absolute atomic E-state index is 0.178. The van der Waals surface area contributed by atoms with Gasteiger partial charge < -0.3 is 20.4 Å². The van der Waals surface area contributed by atoms with Gasteiger partial charge in [0.05, 0.1) is 23.2 Å². The van der Waals surface area contributed by atoms with Gasteiger partial charge in [-0.2, -0.15) is 0 Å². The number of aliphatic hydroxyl groups is 1. The smallest absolute Gasteiger partial charge is 0.336 e. The predicted octanol–water partition coefficient (Wildman–Crippen LogP) is 1.77. The Morgan fingerprint density at radius 3 is 2.70 bits per heavy atom. The number of β-amino-alcohol motifs (C(OH)–C–C–N with tert-alkyl or cyclic N) is 1. The molecule has 0 unspecified atom stereocenters. The summed E-state index contributed by atoms with van der Waals surface area (Å²) in [5.74, 6) is 0.0414. The standard InChI is InChI=1S/C19H19N5O3/c25-16-11-24(9-6-15(16)23-19-20-7-3-8-21-19)17-10-13(18(26)27)12-4-1-2-5-14(12)22-17/h1-5,7-8,10,15-16,25H,6,9,11H2,(H,26,27)(H,20,21,23)/t15-,16-/m1/s1. The Hall–Kier alpha value is -3.26. The molecule has 0 saturated carbocycles. The van der Waals surface area contributed by atoms with Gasteiger partial charge in [0, 0.05) is 30.9 Å². The van der Waals surface area contributed by atoms with E-state index in [-0.39, 0.29) is 11.6 Å². The van der Waals surface area contributed by atoms with Crippen molar-refractivity contribution in [1.82, 2.24) is 15.0 Å². The number of hydrogen-bond acceptors (Lipinski definition) is 7. The van der Waals surface area contributed by atoms with Crippen LogP contribution in [0.3, 0.4) is 0 Å². The molecule has 2 aromatic heterocycles. The highest BCUT2D eigenvalue weighted by molar-refractivity contribution is 6.03. The van der Waals surface area contributed by atoms with Gasteiger partial charge in [0.2, 0.25) is 5.95 Å². The van der Waals surface area contributed by atoms with Crippen molar-refractivity contribution >= 4 is 28.6 Å². The van der Waals surface area contributed by atoms with Gasteiger partial charge in [-0.05, 0) is 24.6 Å². The summed E-state index contributed by atoms with van der Waals surface area (Å²) in [5, 5.41) is 23.8. The summed E-state index contributed by atoms with van der Waals surface area (Å²) in [6, 6.07) is 10.3. The normalized spacial score (nSPS) is 19.8. The Labute approximate surface area is 155 Å². The van der Waals surface area contributed by atoms with Gasteiger partial charge in [-0.1, -0.05) is 18.2 Å². The fraction of sp³-hybridized carbons (Fsp3) is 0.263. The quantitative estimate of drug-likeness (QED) is 0.641.